The van der Waals surface area contributed by atoms with Crippen molar-refractivity contribution >= 4 is 11.9 Å². The summed E-state index contributed by atoms with van der Waals surface area (Å²) in [6.45, 7) is 4.97. The monoisotopic (exact) mass is 974 g/mol. The number of allylic oxidation sites excluding steroid dienone is 2. The Balaban J connectivity index is 3.40. The van der Waals surface area contributed by atoms with Crippen molar-refractivity contribution in [2.24, 2.45) is 0 Å². The van der Waals surface area contributed by atoms with Gasteiger partial charge in [0.25, 0.3) is 0 Å². The van der Waals surface area contributed by atoms with Gasteiger partial charge in [0.1, 0.15) is 0 Å². The van der Waals surface area contributed by atoms with Crippen LogP contribution in [0.3, 0.4) is 0 Å². The van der Waals surface area contributed by atoms with Crippen LogP contribution in [0.2, 0.25) is 0 Å². The minimum atomic E-state index is -0.668. The number of rotatable bonds is 59. The van der Waals surface area contributed by atoms with Crippen LogP contribution < -0.4 is 5.32 Å². The van der Waals surface area contributed by atoms with Gasteiger partial charge in [0.2, 0.25) is 5.91 Å². The highest BCUT2D eigenvalue weighted by atomic mass is 16.5. The van der Waals surface area contributed by atoms with E-state index in [2.05, 4.69) is 31.3 Å². The molecule has 0 bridgehead atoms. The molecule has 0 aliphatic carbocycles. The van der Waals surface area contributed by atoms with Crippen LogP contribution in [-0.4, -0.2) is 47.4 Å². The van der Waals surface area contributed by atoms with Crippen LogP contribution in [0.25, 0.3) is 0 Å². The predicted octanol–water partition coefficient (Wildman–Crippen LogP) is 19.6. The van der Waals surface area contributed by atoms with Gasteiger partial charge >= 0.3 is 5.97 Å². The SMILES string of the molecule is CCCCCCCC/C=C\CCCCCCCCCC(=O)OCCCCCCCCCCCCCCCCCCCC(=O)NC(CO)C(O)CCCCCCCCCCCCCCCCCCCC. The highest BCUT2D eigenvalue weighted by Crippen LogP contribution is 2.18. The molecule has 0 aliphatic heterocycles. The van der Waals surface area contributed by atoms with Crippen molar-refractivity contribution in [1.82, 2.24) is 5.32 Å². The van der Waals surface area contributed by atoms with Crippen LogP contribution >= 0.6 is 0 Å². The number of esters is 1. The normalized spacial score (nSPS) is 12.6. The van der Waals surface area contributed by atoms with Gasteiger partial charge in [-0.2, -0.15) is 0 Å². The molecule has 0 saturated carbocycles. The lowest BCUT2D eigenvalue weighted by Crippen LogP contribution is -2.45. The average molecular weight is 975 g/mol. The first-order chi connectivity index (χ1) is 34.0. The van der Waals surface area contributed by atoms with E-state index in [1.165, 1.54) is 276 Å². The number of unbranched alkanes of at least 4 members (excludes halogenated alkanes) is 46. The minimum Gasteiger partial charge on any atom is -0.466 e. The first kappa shape index (κ1) is 67.6. The largest absolute Gasteiger partial charge is 0.466 e. The van der Waals surface area contributed by atoms with Gasteiger partial charge in [-0.05, 0) is 51.4 Å². The molecule has 0 rings (SSSR count). The van der Waals surface area contributed by atoms with E-state index in [1.807, 2.05) is 0 Å². The molecule has 0 aliphatic rings. The van der Waals surface area contributed by atoms with Gasteiger partial charge in [-0.15, -0.1) is 0 Å². The summed E-state index contributed by atoms with van der Waals surface area (Å²) in [5.41, 5.74) is 0. The van der Waals surface area contributed by atoms with E-state index >= 15 is 0 Å². The lowest BCUT2D eigenvalue weighted by atomic mass is 10.0. The van der Waals surface area contributed by atoms with E-state index in [0.29, 0.717) is 25.9 Å². The van der Waals surface area contributed by atoms with Crippen LogP contribution in [0.5, 0.6) is 0 Å². The molecule has 0 radical (unpaired) electrons. The van der Waals surface area contributed by atoms with Crippen molar-refractivity contribution in [1.29, 1.82) is 0 Å². The van der Waals surface area contributed by atoms with E-state index in [4.69, 9.17) is 4.74 Å². The zero-order valence-electron chi connectivity index (χ0n) is 46.8. The molecule has 0 fully saturated rings. The van der Waals surface area contributed by atoms with Crippen LogP contribution in [0, 0.1) is 0 Å². The third-order valence-electron chi connectivity index (χ3n) is 14.8. The average Bonchev–Trinajstić information content (AvgIpc) is 3.35. The summed E-state index contributed by atoms with van der Waals surface area (Å²) in [6.07, 6.45) is 70.7. The molecule has 410 valence electrons. The summed E-state index contributed by atoms with van der Waals surface area (Å²) >= 11 is 0. The fourth-order valence-electron chi connectivity index (χ4n) is 9.99. The Morgan fingerprint density at radius 2 is 0.681 bits per heavy atom. The number of hydrogen-bond acceptors (Lipinski definition) is 5. The zero-order valence-corrected chi connectivity index (χ0v) is 46.8. The maximum absolute atomic E-state index is 12.5. The Labute approximate surface area is 431 Å². The van der Waals surface area contributed by atoms with Crippen LogP contribution in [-0.2, 0) is 14.3 Å². The van der Waals surface area contributed by atoms with Gasteiger partial charge in [-0.3, -0.25) is 9.59 Å². The number of aliphatic hydroxyl groups is 2. The maximum Gasteiger partial charge on any atom is 0.305 e. The van der Waals surface area contributed by atoms with E-state index in [-0.39, 0.29) is 18.5 Å². The maximum atomic E-state index is 12.5. The molecule has 0 aromatic carbocycles. The molecular weight excluding hydrogens is 851 g/mol. The highest BCUT2D eigenvalue weighted by molar-refractivity contribution is 5.76. The second kappa shape index (κ2) is 59.2. The smallest absolute Gasteiger partial charge is 0.305 e. The molecule has 0 aromatic rings. The van der Waals surface area contributed by atoms with Gasteiger partial charge in [0.15, 0.2) is 0 Å². The first-order valence-corrected chi connectivity index (χ1v) is 31.4. The molecule has 0 heterocycles. The van der Waals surface area contributed by atoms with Gasteiger partial charge in [-0.25, -0.2) is 0 Å². The van der Waals surface area contributed by atoms with E-state index in [0.717, 1.165) is 44.9 Å². The number of carbonyl (C=O) groups excluding carboxylic acids is 2. The van der Waals surface area contributed by atoms with E-state index < -0.39 is 12.1 Å². The van der Waals surface area contributed by atoms with Gasteiger partial charge in [0.05, 0.1) is 25.4 Å². The number of hydrogen-bond donors (Lipinski definition) is 3. The van der Waals surface area contributed by atoms with Crippen molar-refractivity contribution in [3.8, 4) is 0 Å². The van der Waals surface area contributed by atoms with Crippen molar-refractivity contribution in [2.45, 2.75) is 366 Å². The summed E-state index contributed by atoms with van der Waals surface area (Å²) in [7, 11) is 0. The quantitative estimate of drug-likeness (QED) is 0.0321. The summed E-state index contributed by atoms with van der Waals surface area (Å²) < 4.78 is 5.49. The van der Waals surface area contributed by atoms with Crippen molar-refractivity contribution < 1.29 is 24.5 Å². The Kier molecular flexibility index (Phi) is 58.0. The van der Waals surface area contributed by atoms with Gasteiger partial charge in [0, 0.05) is 12.8 Å². The van der Waals surface area contributed by atoms with Gasteiger partial charge < -0.3 is 20.3 Å². The Hall–Kier alpha value is -1.40. The van der Waals surface area contributed by atoms with Crippen LogP contribution in [0.15, 0.2) is 12.2 Å². The Morgan fingerprint density at radius 1 is 0.391 bits per heavy atom. The molecule has 6 nitrogen and oxygen atoms in total. The summed E-state index contributed by atoms with van der Waals surface area (Å²) in [6, 6.07) is -0.545. The van der Waals surface area contributed by atoms with Crippen molar-refractivity contribution in [2.75, 3.05) is 13.2 Å². The number of aliphatic hydroxyl groups excluding tert-OH is 2. The summed E-state index contributed by atoms with van der Waals surface area (Å²) in [5.74, 6) is -0.0338. The molecule has 1 amide bonds. The van der Waals surface area contributed by atoms with E-state index in [1.54, 1.807) is 0 Å². The fraction of sp³-hybridized carbons (Fsp3) is 0.937. The molecule has 2 atom stereocenters. The zero-order chi connectivity index (χ0) is 50.0. The molecule has 0 spiro atoms. The third kappa shape index (κ3) is 55.8. The summed E-state index contributed by atoms with van der Waals surface area (Å²) in [5, 5.41) is 23.3. The molecule has 69 heavy (non-hydrogen) atoms. The number of carbonyl (C=O) groups is 2. The Morgan fingerprint density at radius 3 is 1.03 bits per heavy atom. The summed E-state index contributed by atoms with van der Waals surface area (Å²) in [4.78, 5) is 24.6. The lowest BCUT2D eigenvalue weighted by molar-refractivity contribution is -0.143. The molecule has 0 saturated heterocycles. The van der Waals surface area contributed by atoms with Crippen LogP contribution in [0.1, 0.15) is 354 Å². The van der Waals surface area contributed by atoms with Gasteiger partial charge in [-0.1, -0.05) is 302 Å². The van der Waals surface area contributed by atoms with Crippen molar-refractivity contribution in [3.63, 3.8) is 0 Å². The van der Waals surface area contributed by atoms with Crippen molar-refractivity contribution in [3.05, 3.63) is 12.2 Å². The molecule has 3 N–H and O–H groups in total. The minimum absolute atomic E-state index is 0.00310. The van der Waals surface area contributed by atoms with E-state index in [9.17, 15) is 19.8 Å². The van der Waals surface area contributed by atoms with Crippen LogP contribution in [0.4, 0.5) is 0 Å². The third-order valence-corrected chi connectivity index (χ3v) is 14.8. The number of ether oxygens (including phenoxy) is 1. The standard InChI is InChI=1S/C63H123NO5/c1-3-5-7-9-11-13-15-17-19-21-24-27-31-35-39-43-47-51-55-61(66)60(59-65)64-62(67)56-52-48-44-40-36-32-28-25-22-26-30-34-38-42-46-50-54-58-69-63(68)57-53-49-45-41-37-33-29-23-20-18-16-14-12-10-8-6-4-2/h18,20,60-61,65-66H,3-17,19,21-59H2,1-2H3,(H,64,67)/b20-18-. The first-order valence-electron chi connectivity index (χ1n) is 31.4. The topological polar surface area (TPSA) is 95.9 Å². The second-order valence-corrected chi connectivity index (χ2v) is 21.7. The number of nitrogens with one attached hydrogen (secondary N) is 1. The number of amides is 1. The highest BCUT2D eigenvalue weighted by Gasteiger charge is 2.20. The predicted molar refractivity (Wildman–Crippen MR) is 301 cm³/mol. The molecule has 2 unspecified atom stereocenters. The molecule has 6 heteroatoms. The molecule has 0 aromatic heterocycles. The fourth-order valence-corrected chi connectivity index (χ4v) is 9.99. The lowest BCUT2D eigenvalue weighted by Gasteiger charge is -2.22. The Bertz CT molecular complexity index is 1030. The second-order valence-electron chi connectivity index (χ2n) is 21.7. The molecular formula is C63H123NO5.